The fourth-order valence-electron chi connectivity index (χ4n) is 2.17. The third kappa shape index (κ3) is 0.765. The summed E-state index contributed by atoms with van der Waals surface area (Å²) in [5.41, 5.74) is -0.671. The summed E-state index contributed by atoms with van der Waals surface area (Å²) in [5, 5.41) is 0. The van der Waals surface area contributed by atoms with Gasteiger partial charge in [-0.2, -0.15) is 0 Å². The second kappa shape index (κ2) is 2.31. The normalized spacial score (nSPS) is 37.8. The lowest BCUT2D eigenvalue weighted by Gasteiger charge is -2.08. The molecule has 2 atom stereocenters. The summed E-state index contributed by atoms with van der Waals surface area (Å²) in [4.78, 5) is 22.7. The van der Waals surface area contributed by atoms with Crippen molar-refractivity contribution in [2.75, 3.05) is 6.61 Å². The van der Waals surface area contributed by atoms with Crippen LogP contribution in [0, 0.1) is 11.3 Å². The predicted octanol–water partition coefficient (Wildman–Crippen LogP) is 0.919. The van der Waals surface area contributed by atoms with E-state index in [0.29, 0.717) is 18.9 Å². The van der Waals surface area contributed by atoms with E-state index in [1.807, 2.05) is 0 Å². The first-order valence-corrected chi connectivity index (χ1v) is 4.42. The topological polar surface area (TPSA) is 43.4 Å². The highest BCUT2D eigenvalue weighted by molar-refractivity contribution is 6.09. The molecule has 0 spiro atoms. The first kappa shape index (κ1) is 7.77. The van der Waals surface area contributed by atoms with Crippen LogP contribution in [-0.2, 0) is 14.3 Å². The predicted molar refractivity (Wildman–Crippen MR) is 41.4 cm³/mol. The molecule has 0 aromatic rings. The minimum atomic E-state index is -0.671. The number of fused-ring (bicyclic) bond motifs is 1. The zero-order valence-electron chi connectivity index (χ0n) is 7.13. The van der Waals surface area contributed by atoms with Gasteiger partial charge in [0.05, 0.1) is 6.61 Å². The second-order valence-corrected chi connectivity index (χ2v) is 3.55. The molecule has 2 aliphatic carbocycles. The van der Waals surface area contributed by atoms with E-state index < -0.39 is 5.41 Å². The summed E-state index contributed by atoms with van der Waals surface area (Å²) in [6.45, 7) is 2.14. The Hall–Kier alpha value is -0.860. The van der Waals surface area contributed by atoms with Gasteiger partial charge in [0.25, 0.3) is 0 Å². The molecule has 0 aliphatic heterocycles. The number of hydrogen-bond donors (Lipinski definition) is 0. The number of esters is 1. The fourth-order valence-corrected chi connectivity index (χ4v) is 2.17. The summed E-state index contributed by atoms with van der Waals surface area (Å²) in [7, 11) is 0. The van der Waals surface area contributed by atoms with Gasteiger partial charge in [0, 0.05) is 6.42 Å². The van der Waals surface area contributed by atoms with Gasteiger partial charge < -0.3 is 4.74 Å². The molecule has 2 saturated carbocycles. The Labute approximate surface area is 71.1 Å². The van der Waals surface area contributed by atoms with Crippen LogP contribution in [0.2, 0.25) is 0 Å². The summed E-state index contributed by atoms with van der Waals surface area (Å²) in [5.74, 6) is 0.132. The molecule has 0 N–H and O–H groups in total. The maximum absolute atomic E-state index is 11.4. The molecule has 0 aromatic heterocycles. The van der Waals surface area contributed by atoms with Crippen LogP contribution < -0.4 is 0 Å². The monoisotopic (exact) mass is 168 g/mol. The lowest BCUT2D eigenvalue weighted by atomic mass is 10.0. The molecule has 12 heavy (non-hydrogen) atoms. The summed E-state index contributed by atoms with van der Waals surface area (Å²) < 4.78 is 4.88. The number of Topliss-reactive ketones (excluding diaryl/α,β-unsaturated/α-hetero) is 1. The molecule has 3 heteroatoms. The Morgan fingerprint density at radius 3 is 2.92 bits per heavy atom. The van der Waals surface area contributed by atoms with Crippen molar-refractivity contribution in [1.82, 2.24) is 0 Å². The molecule has 2 rings (SSSR count). The molecule has 0 radical (unpaired) electrons. The van der Waals surface area contributed by atoms with Crippen molar-refractivity contribution in [2.45, 2.75) is 26.2 Å². The van der Waals surface area contributed by atoms with E-state index in [4.69, 9.17) is 4.74 Å². The van der Waals surface area contributed by atoms with E-state index in [1.165, 1.54) is 0 Å². The van der Waals surface area contributed by atoms with Crippen LogP contribution in [0.4, 0.5) is 0 Å². The molecular weight excluding hydrogens is 156 g/mol. The smallest absolute Gasteiger partial charge is 0.319 e. The minimum Gasteiger partial charge on any atom is -0.465 e. The third-order valence-corrected chi connectivity index (χ3v) is 2.96. The van der Waals surface area contributed by atoms with Gasteiger partial charge in [0.1, 0.15) is 11.2 Å². The van der Waals surface area contributed by atoms with Crippen molar-refractivity contribution in [2.24, 2.45) is 11.3 Å². The molecule has 0 heterocycles. The fraction of sp³-hybridized carbons (Fsp3) is 0.778. The minimum absolute atomic E-state index is 0.103. The van der Waals surface area contributed by atoms with Crippen molar-refractivity contribution < 1.29 is 14.3 Å². The zero-order chi connectivity index (χ0) is 8.77. The standard InChI is InChI=1S/C9H12O3/c1-2-12-8(11)9-5-6(9)3-4-7(9)10/h6H,2-5H2,1H3/t6-,9+/m1/s1. The molecular formula is C9H12O3. The summed E-state index contributed by atoms with van der Waals surface area (Å²) >= 11 is 0. The number of ketones is 1. The molecule has 3 nitrogen and oxygen atoms in total. The number of carbonyl (C=O) groups excluding carboxylic acids is 2. The largest absolute Gasteiger partial charge is 0.465 e. The van der Waals surface area contributed by atoms with Gasteiger partial charge in [-0.25, -0.2) is 0 Å². The zero-order valence-corrected chi connectivity index (χ0v) is 7.13. The Morgan fingerprint density at radius 2 is 2.50 bits per heavy atom. The maximum Gasteiger partial charge on any atom is 0.319 e. The third-order valence-electron chi connectivity index (χ3n) is 2.96. The van der Waals surface area contributed by atoms with Crippen molar-refractivity contribution in [1.29, 1.82) is 0 Å². The first-order chi connectivity index (χ1) is 5.71. The van der Waals surface area contributed by atoms with E-state index in [2.05, 4.69) is 0 Å². The van der Waals surface area contributed by atoms with Crippen LogP contribution in [0.5, 0.6) is 0 Å². The van der Waals surface area contributed by atoms with Gasteiger partial charge in [0.15, 0.2) is 0 Å². The van der Waals surface area contributed by atoms with Crippen LogP contribution in [0.25, 0.3) is 0 Å². The van der Waals surface area contributed by atoms with Crippen molar-refractivity contribution in [3.8, 4) is 0 Å². The molecule has 0 amide bonds. The van der Waals surface area contributed by atoms with Gasteiger partial charge in [-0.1, -0.05) is 0 Å². The van der Waals surface area contributed by atoms with Crippen LogP contribution in [0.3, 0.4) is 0 Å². The number of ether oxygens (including phenoxy) is 1. The Balaban J connectivity index is 2.13. The number of rotatable bonds is 2. The van der Waals surface area contributed by atoms with E-state index in [9.17, 15) is 9.59 Å². The van der Waals surface area contributed by atoms with Crippen LogP contribution in [0.15, 0.2) is 0 Å². The van der Waals surface area contributed by atoms with Crippen molar-refractivity contribution in [3.05, 3.63) is 0 Å². The van der Waals surface area contributed by atoms with E-state index >= 15 is 0 Å². The first-order valence-electron chi connectivity index (χ1n) is 4.42. The molecule has 0 saturated heterocycles. The number of carbonyl (C=O) groups is 2. The Bertz CT molecular complexity index is 246. The highest BCUT2D eigenvalue weighted by Gasteiger charge is 2.69. The van der Waals surface area contributed by atoms with Gasteiger partial charge in [-0.15, -0.1) is 0 Å². The van der Waals surface area contributed by atoms with E-state index in [1.54, 1.807) is 6.92 Å². The average molecular weight is 168 g/mol. The van der Waals surface area contributed by atoms with Crippen LogP contribution in [0.1, 0.15) is 26.2 Å². The highest BCUT2D eigenvalue weighted by Crippen LogP contribution is 2.61. The van der Waals surface area contributed by atoms with Gasteiger partial charge >= 0.3 is 5.97 Å². The average Bonchev–Trinajstić information content (AvgIpc) is 2.69. The quantitative estimate of drug-likeness (QED) is 0.455. The van der Waals surface area contributed by atoms with E-state index in [0.717, 1.165) is 12.8 Å². The second-order valence-electron chi connectivity index (χ2n) is 3.55. The Morgan fingerprint density at radius 1 is 1.75 bits per heavy atom. The summed E-state index contributed by atoms with van der Waals surface area (Å²) in [6.07, 6.45) is 2.20. The van der Waals surface area contributed by atoms with E-state index in [-0.39, 0.29) is 11.8 Å². The SMILES string of the molecule is CCOC(=O)[C@@]12C[C@H]1CCC2=O. The molecule has 0 unspecified atom stereocenters. The van der Waals surface area contributed by atoms with Crippen LogP contribution >= 0.6 is 0 Å². The highest BCUT2D eigenvalue weighted by atomic mass is 16.5. The summed E-state index contributed by atoms with van der Waals surface area (Å²) in [6, 6.07) is 0. The van der Waals surface area contributed by atoms with Crippen LogP contribution in [-0.4, -0.2) is 18.4 Å². The molecule has 0 bridgehead atoms. The van der Waals surface area contributed by atoms with Gasteiger partial charge in [0.2, 0.25) is 0 Å². The maximum atomic E-state index is 11.4. The molecule has 0 aromatic carbocycles. The van der Waals surface area contributed by atoms with Gasteiger partial charge in [-0.05, 0) is 25.7 Å². The molecule has 2 aliphatic rings. The van der Waals surface area contributed by atoms with Crippen molar-refractivity contribution in [3.63, 3.8) is 0 Å². The lowest BCUT2D eigenvalue weighted by molar-refractivity contribution is -0.153. The Kier molecular flexibility index (Phi) is 1.50. The lowest BCUT2D eigenvalue weighted by Crippen LogP contribution is -2.26. The molecule has 66 valence electrons. The van der Waals surface area contributed by atoms with Crippen molar-refractivity contribution >= 4 is 11.8 Å². The number of hydrogen-bond acceptors (Lipinski definition) is 3. The molecule has 2 fully saturated rings. The van der Waals surface area contributed by atoms with Gasteiger partial charge in [-0.3, -0.25) is 9.59 Å².